The summed E-state index contributed by atoms with van der Waals surface area (Å²) in [6.07, 6.45) is 0. The third-order valence-electron chi connectivity index (χ3n) is 3.56. The number of carboxylic acid groups (broad SMARTS) is 3. The number of benzene rings is 2. The number of hydrogen-bond acceptors (Lipinski definition) is 5. The molecule has 9 nitrogen and oxygen atoms in total. The molecule has 0 atom stereocenters. The first-order valence-electron chi connectivity index (χ1n) is 7.46. The number of carboxylic acids is 3. The summed E-state index contributed by atoms with van der Waals surface area (Å²) in [5, 5.41) is 27.5. The lowest BCUT2D eigenvalue weighted by Crippen LogP contribution is -2.41. The summed E-state index contributed by atoms with van der Waals surface area (Å²) in [5.74, 6) is -6.74. The van der Waals surface area contributed by atoms with E-state index < -0.39 is 58.5 Å². The lowest BCUT2D eigenvalue weighted by atomic mass is 10.0. The zero-order valence-corrected chi connectivity index (χ0v) is 13.7. The predicted molar refractivity (Wildman–Crippen MR) is 89.8 cm³/mol. The van der Waals surface area contributed by atoms with Gasteiger partial charge in [-0.05, 0) is 24.3 Å². The van der Waals surface area contributed by atoms with Crippen LogP contribution in [-0.2, 0) is 4.79 Å². The first-order valence-corrected chi connectivity index (χ1v) is 7.46. The lowest BCUT2D eigenvalue weighted by molar-refractivity contribution is -0.137. The van der Waals surface area contributed by atoms with Crippen LogP contribution in [0.25, 0.3) is 0 Å². The van der Waals surface area contributed by atoms with Crippen molar-refractivity contribution in [2.75, 3.05) is 6.54 Å². The Labute approximate surface area is 152 Å². The van der Waals surface area contributed by atoms with Gasteiger partial charge in [0.2, 0.25) is 0 Å². The highest BCUT2D eigenvalue weighted by Gasteiger charge is 2.31. The Bertz CT molecular complexity index is 880. The summed E-state index contributed by atoms with van der Waals surface area (Å²) in [4.78, 5) is 59.5. The molecule has 27 heavy (non-hydrogen) atoms. The third-order valence-corrected chi connectivity index (χ3v) is 3.56. The summed E-state index contributed by atoms with van der Waals surface area (Å²) in [7, 11) is 0. The van der Waals surface area contributed by atoms with Gasteiger partial charge in [0.25, 0.3) is 11.8 Å². The normalized spacial score (nSPS) is 10.1. The number of imide groups is 1. The number of carbonyl (C=O) groups excluding carboxylic acids is 2. The van der Waals surface area contributed by atoms with Crippen molar-refractivity contribution in [1.82, 2.24) is 4.90 Å². The molecule has 138 valence electrons. The number of nitrogens with zero attached hydrogens (tertiary/aromatic N) is 1. The predicted octanol–water partition coefficient (Wildman–Crippen LogP) is 1.45. The lowest BCUT2D eigenvalue weighted by Gasteiger charge is -2.20. The summed E-state index contributed by atoms with van der Waals surface area (Å²) in [6.45, 7) is -1.07. The van der Waals surface area contributed by atoms with Crippen LogP contribution in [-0.4, -0.2) is 56.5 Å². The number of aromatic carboxylic acids is 2. The zero-order valence-electron chi connectivity index (χ0n) is 13.7. The second kappa shape index (κ2) is 7.91. The van der Waals surface area contributed by atoms with Crippen LogP contribution in [0.4, 0.5) is 0 Å². The maximum atomic E-state index is 12.7. The van der Waals surface area contributed by atoms with Gasteiger partial charge in [0.15, 0.2) is 0 Å². The minimum atomic E-state index is -1.53. The Kier molecular flexibility index (Phi) is 5.66. The van der Waals surface area contributed by atoms with E-state index in [1.54, 1.807) is 0 Å². The molecule has 2 rings (SSSR count). The molecule has 9 heteroatoms. The molecule has 2 aromatic rings. The van der Waals surface area contributed by atoms with Crippen LogP contribution in [0.15, 0.2) is 48.5 Å². The number of amides is 2. The molecule has 0 aromatic heterocycles. The molecule has 0 saturated carbocycles. The largest absolute Gasteiger partial charge is 0.480 e. The molecular formula is C18H13NO8. The van der Waals surface area contributed by atoms with Gasteiger partial charge in [-0.25, -0.2) is 9.59 Å². The summed E-state index contributed by atoms with van der Waals surface area (Å²) >= 11 is 0. The van der Waals surface area contributed by atoms with E-state index >= 15 is 0 Å². The molecule has 0 aliphatic carbocycles. The monoisotopic (exact) mass is 371 g/mol. The molecule has 2 amide bonds. The first kappa shape index (κ1) is 19.3. The average molecular weight is 371 g/mol. The van der Waals surface area contributed by atoms with Crippen LogP contribution < -0.4 is 0 Å². The van der Waals surface area contributed by atoms with Crippen molar-refractivity contribution < 1.29 is 39.3 Å². The molecule has 0 radical (unpaired) electrons. The van der Waals surface area contributed by atoms with E-state index in [0.717, 1.165) is 24.3 Å². The van der Waals surface area contributed by atoms with Crippen LogP contribution >= 0.6 is 0 Å². The molecule has 0 unspecified atom stereocenters. The molecule has 0 fully saturated rings. The van der Waals surface area contributed by atoms with Crippen molar-refractivity contribution in [2.24, 2.45) is 0 Å². The van der Waals surface area contributed by atoms with Crippen LogP contribution in [0.5, 0.6) is 0 Å². The Balaban J connectivity index is 2.55. The fourth-order valence-corrected chi connectivity index (χ4v) is 2.37. The van der Waals surface area contributed by atoms with E-state index in [4.69, 9.17) is 5.11 Å². The second-order valence-corrected chi connectivity index (χ2v) is 5.29. The number of aliphatic carboxylic acids is 1. The maximum absolute atomic E-state index is 12.7. The van der Waals surface area contributed by atoms with E-state index in [1.165, 1.54) is 24.3 Å². The highest BCUT2D eigenvalue weighted by atomic mass is 16.4. The Morgan fingerprint density at radius 2 is 0.963 bits per heavy atom. The fourth-order valence-electron chi connectivity index (χ4n) is 2.37. The second-order valence-electron chi connectivity index (χ2n) is 5.29. The summed E-state index contributed by atoms with van der Waals surface area (Å²) in [5.41, 5.74) is -1.63. The van der Waals surface area contributed by atoms with Gasteiger partial charge in [0.1, 0.15) is 6.54 Å². The zero-order chi connectivity index (χ0) is 20.1. The molecule has 0 heterocycles. The average Bonchev–Trinajstić information content (AvgIpc) is 2.64. The smallest absolute Gasteiger partial charge is 0.336 e. The Hall–Kier alpha value is -4.01. The molecule has 2 aromatic carbocycles. The van der Waals surface area contributed by atoms with E-state index in [2.05, 4.69) is 0 Å². The first-order chi connectivity index (χ1) is 12.7. The van der Waals surface area contributed by atoms with Crippen molar-refractivity contribution in [2.45, 2.75) is 0 Å². The van der Waals surface area contributed by atoms with Crippen molar-refractivity contribution in [3.05, 3.63) is 70.8 Å². The van der Waals surface area contributed by atoms with Gasteiger partial charge in [-0.2, -0.15) is 0 Å². The van der Waals surface area contributed by atoms with Gasteiger partial charge < -0.3 is 15.3 Å². The Morgan fingerprint density at radius 3 is 1.26 bits per heavy atom. The van der Waals surface area contributed by atoms with Crippen molar-refractivity contribution >= 4 is 29.7 Å². The molecule has 3 N–H and O–H groups in total. The highest BCUT2D eigenvalue weighted by Crippen LogP contribution is 2.17. The van der Waals surface area contributed by atoms with E-state index in [9.17, 15) is 34.2 Å². The Morgan fingerprint density at radius 1 is 0.630 bits per heavy atom. The quantitative estimate of drug-likeness (QED) is 0.646. The van der Waals surface area contributed by atoms with Gasteiger partial charge in [-0.15, -0.1) is 0 Å². The van der Waals surface area contributed by atoms with Gasteiger partial charge in [0, 0.05) is 0 Å². The van der Waals surface area contributed by atoms with Crippen LogP contribution in [0.2, 0.25) is 0 Å². The topological polar surface area (TPSA) is 149 Å². The standard InChI is InChI=1S/C18H13NO8/c20-14(21)9-19(15(22)10-5-1-3-7-12(10)17(24)25)16(23)11-6-2-4-8-13(11)18(26)27/h1-8H,9H2,(H,20,21)(H,24,25)(H,26,27). The molecular weight excluding hydrogens is 358 g/mol. The van der Waals surface area contributed by atoms with Gasteiger partial charge >= 0.3 is 17.9 Å². The molecule has 0 spiro atoms. The van der Waals surface area contributed by atoms with Crippen LogP contribution in [0.3, 0.4) is 0 Å². The van der Waals surface area contributed by atoms with E-state index in [0.29, 0.717) is 4.90 Å². The van der Waals surface area contributed by atoms with Crippen LogP contribution in [0.1, 0.15) is 41.4 Å². The van der Waals surface area contributed by atoms with Crippen molar-refractivity contribution in [3.8, 4) is 0 Å². The van der Waals surface area contributed by atoms with Gasteiger partial charge in [0.05, 0.1) is 22.3 Å². The summed E-state index contributed by atoms with van der Waals surface area (Å²) in [6, 6.07) is 9.97. The van der Waals surface area contributed by atoms with Gasteiger partial charge in [-0.3, -0.25) is 19.3 Å². The number of carbonyl (C=O) groups is 5. The maximum Gasteiger partial charge on any atom is 0.336 e. The van der Waals surface area contributed by atoms with E-state index in [-0.39, 0.29) is 0 Å². The molecule has 0 aliphatic heterocycles. The van der Waals surface area contributed by atoms with E-state index in [1.807, 2.05) is 0 Å². The van der Waals surface area contributed by atoms with Crippen LogP contribution in [0, 0.1) is 0 Å². The summed E-state index contributed by atoms with van der Waals surface area (Å²) < 4.78 is 0. The van der Waals surface area contributed by atoms with Gasteiger partial charge in [-0.1, -0.05) is 24.3 Å². The third kappa shape index (κ3) is 4.15. The number of rotatable bonds is 6. The SMILES string of the molecule is O=C(O)CN(C(=O)c1ccccc1C(=O)O)C(=O)c1ccccc1C(=O)O. The number of hydrogen-bond donors (Lipinski definition) is 3. The van der Waals surface area contributed by atoms with Crippen molar-refractivity contribution in [1.29, 1.82) is 0 Å². The molecule has 0 saturated heterocycles. The minimum Gasteiger partial charge on any atom is -0.480 e. The molecule has 0 bridgehead atoms. The minimum absolute atomic E-state index is 0.297. The fraction of sp³-hybridized carbons (Fsp3) is 0.0556. The van der Waals surface area contributed by atoms with Crippen molar-refractivity contribution in [3.63, 3.8) is 0 Å². The molecule has 0 aliphatic rings. The highest BCUT2D eigenvalue weighted by molar-refractivity contribution is 6.16.